The highest BCUT2D eigenvalue weighted by atomic mass is 35.5. The van der Waals surface area contributed by atoms with Gasteiger partial charge in [-0.1, -0.05) is 23.7 Å². The van der Waals surface area contributed by atoms with Gasteiger partial charge in [-0.25, -0.2) is 0 Å². The van der Waals surface area contributed by atoms with Crippen LogP contribution in [0.15, 0.2) is 72.8 Å². The molecule has 0 atom stereocenters. The van der Waals surface area contributed by atoms with E-state index in [2.05, 4.69) is 10.6 Å². The van der Waals surface area contributed by atoms with Crippen molar-refractivity contribution in [3.05, 3.63) is 88.9 Å². The SMILES string of the molecule is O=C(COc1ccc(Cl)cc1)Nc1cccc(C(=O)Nc2cccc(C(F)(F)F)c2)c1. The number of benzene rings is 3. The third-order valence-corrected chi connectivity index (χ3v) is 4.29. The normalized spacial score (nSPS) is 11.0. The standard InChI is InChI=1S/C22H16ClF3N2O3/c23-16-7-9-19(10-8-16)31-13-20(29)27-17-5-1-3-14(11-17)21(30)28-18-6-2-4-15(12-18)22(24,25)26/h1-12H,13H2,(H,27,29)(H,28,30). The Labute approximate surface area is 180 Å². The number of anilines is 2. The van der Waals surface area contributed by atoms with Crippen LogP contribution in [-0.4, -0.2) is 18.4 Å². The number of hydrogen-bond donors (Lipinski definition) is 2. The van der Waals surface area contributed by atoms with Gasteiger partial charge in [0, 0.05) is 22.0 Å². The van der Waals surface area contributed by atoms with E-state index in [4.69, 9.17) is 16.3 Å². The summed E-state index contributed by atoms with van der Waals surface area (Å²) in [5.74, 6) is -0.605. The Kier molecular flexibility index (Phi) is 6.81. The van der Waals surface area contributed by atoms with E-state index in [-0.39, 0.29) is 17.9 Å². The fourth-order valence-electron chi connectivity index (χ4n) is 2.59. The molecule has 3 rings (SSSR count). The van der Waals surface area contributed by atoms with Crippen LogP contribution in [0.3, 0.4) is 0 Å². The van der Waals surface area contributed by atoms with E-state index >= 15 is 0 Å². The molecule has 0 spiro atoms. The number of halogens is 4. The van der Waals surface area contributed by atoms with Crippen molar-refractivity contribution in [1.82, 2.24) is 0 Å². The second-order valence-corrected chi connectivity index (χ2v) is 6.84. The molecule has 0 saturated heterocycles. The monoisotopic (exact) mass is 448 g/mol. The van der Waals surface area contributed by atoms with Crippen LogP contribution in [0.4, 0.5) is 24.5 Å². The minimum absolute atomic E-state index is 0.00521. The molecule has 0 radical (unpaired) electrons. The van der Waals surface area contributed by atoms with Gasteiger partial charge in [-0.3, -0.25) is 9.59 Å². The summed E-state index contributed by atoms with van der Waals surface area (Å²) in [7, 11) is 0. The quantitative estimate of drug-likeness (QED) is 0.513. The van der Waals surface area contributed by atoms with Crippen LogP contribution >= 0.6 is 11.6 Å². The van der Waals surface area contributed by atoms with Gasteiger partial charge in [0.25, 0.3) is 11.8 Å². The van der Waals surface area contributed by atoms with Crippen LogP contribution in [0.2, 0.25) is 5.02 Å². The van der Waals surface area contributed by atoms with Gasteiger partial charge in [0.1, 0.15) is 5.75 Å². The molecule has 0 bridgehead atoms. The Balaban J connectivity index is 1.61. The Bertz CT molecular complexity index is 1090. The minimum atomic E-state index is -4.51. The third kappa shape index (κ3) is 6.48. The third-order valence-electron chi connectivity index (χ3n) is 4.04. The van der Waals surface area contributed by atoms with E-state index in [1.165, 1.54) is 30.3 Å². The average molecular weight is 449 g/mol. The van der Waals surface area contributed by atoms with Crippen LogP contribution < -0.4 is 15.4 Å². The maximum atomic E-state index is 12.8. The number of rotatable bonds is 6. The molecular weight excluding hydrogens is 433 g/mol. The van der Waals surface area contributed by atoms with Crippen molar-refractivity contribution in [2.75, 3.05) is 17.2 Å². The van der Waals surface area contributed by atoms with Crippen molar-refractivity contribution >= 4 is 34.8 Å². The minimum Gasteiger partial charge on any atom is -0.484 e. The van der Waals surface area contributed by atoms with Crippen LogP contribution in [0, 0.1) is 0 Å². The average Bonchev–Trinajstić information content (AvgIpc) is 2.73. The van der Waals surface area contributed by atoms with Gasteiger partial charge in [0.15, 0.2) is 6.61 Å². The summed E-state index contributed by atoms with van der Waals surface area (Å²) in [6.45, 7) is -0.262. The Morgan fingerprint density at radius 3 is 2.19 bits per heavy atom. The van der Waals surface area contributed by atoms with Gasteiger partial charge >= 0.3 is 6.18 Å². The largest absolute Gasteiger partial charge is 0.484 e. The molecule has 5 nitrogen and oxygen atoms in total. The van der Waals surface area contributed by atoms with Gasteiger partial charge < -0.3 is 15.4 Å². The number of amides is 2. The first-order valence-electron chi connectivity index (χ1n) is 8.97. The maximum Gasteiger partial charge on any atom is 0.416 e. The Hall–Kier alpha value is -3.52. The molecular formula is C22H16ClF3N2O3. The highest BCUT2D eigenvalue weighted by molar-refractivity contribution is 6.30. The lowest BCUT2D eigenvalue weighted by molar-refractivity contribution is -0.137. The van der Waals surface area contributed by atoms with Crippen LogP contribution in [0.25, 0.3) is 0 Å². The number of ether oxygens (including phenoxy) is 1. The molecule has 2 amide bonds. The summed E-state index contributed by atoms with van der Waals surface area (Å²) in [5, 5.41) is 5.55. The van der Waals surface area contributed by atoms with Crippen molar-refractivity contribution < 1.29 is 27.5 Å². The molecule has 2 N–H and O–H groups in total. The lowest BCUT2D eigenvalue weighted by Crippen LogP contribution is -2.20. The molecule has 160 valence electrons. The van der Waals surface area contributed by atoms with E-state index in [0.717, 1.165) is 12.1 Å². The predicted octanol–water partition coefficient (Wildman–Crippen LogP) is 5.63. The second-order valence-electron chi connectivity index (χ2n) is 6.40. The van der Waals surface area contributed by atoms with Crippen molar-refractivity contribution in [3.63, 3.8) is 0 Å². The molecule has 0 heterocycles. The maximum absolute atomic E-state index is 12.8. The van der Waals surface area contributed by atoms with Crippen LogP contribution in [0.1, 0.15) is 15.9 Å². The van der Waals surface area contributed by atoms with Gasteiger partial charge in [-0.15, -0.1) is 0 Å². The molecule has 0 unspecified atom stereocenters. The van der Waals surface area contributed by atoms with Gasteiger partial charge in [-0.2, -0.15) is 13.2 Å². The van der Waals surface area contributed by atoms with E-state index in [1.807, 2.05) is 0 Å². The molecule has 0 aliphatic carbocycles. The lowest BCUT2D eigenvalue weighted by atomic mass is 10.1. The highest BCUT2D eigenvalue weighted by Crippen LogP contribution is 2.30. The molecule has 9 heteroatoms. The smallest absolute Gasteiger partial charge is 0.416 e. The summed E-state index contributed by atoms with van der Waals surface area (Å²) in [4.78, 5) is 24.5. The van der Waals surface area contributed by atoms with E-state index in [1.54, 1.807) is 30.3 Å². The zero-order valence-corrected chi connectivity index (χ0v) is 16.6. The molecule has 0 aliphatic heterocycles. The number of hydrogen-bond acceptors (Lipinski definition) is 3. The lowest BCUT2D eigenvalue weighted by Gasteiger charge is -2.11. The molecule has 0 aliphatic rings. The first kappa shape index (κ1) is 22.2. The number of carbonyl (C=O) groups is 2. The van der Waals surface area contributed by atoms with E-state index in [9.17, 15) is 22.8 Å². The van der Waals surface area contributed by atoms with Crippen molar-refractivity contribution in [2.24, 2.45) is 0 Å². The summed E-state index contributed by atoms with van der Waals surface area (Å²) < 4.78 is 43.8. The first-order chi connectivity index (χ1) is 14.7. The van der Waals surface area contributed by atoms with E-state index in [0.29, 0.717) is 16.5 Å². The molecule has 0 aromatic heterocycles. The van der Waals surface area contributed by atoms with Gasteiger partial charge in [0.2, 0.25) is 0 Å². The van der Waals surface area contributed by atoms with Crippen molar-refractivity contribution in [1.29, 1.82) is 0 Å². The van der Waals surface area contributed by atoms with Crippen LogP contribution in [-0.2, 0) is 11.0 Å². The zero-order chi connectivity index (χ0) is 22.4. The fraction of sp³-hybridized carbons (Fsp3) is 0.0909. The summed E-state index contributed by atoms with van der Waals surface area (Å²) in [6, 6.07) is 16.8. The van der Waals surface area contributed by atoms with Gasteiger partial charge in [0.05, 0.1) is 5.56 Å². The van der Waals surface area contributed by atoms with Gasteiger partial charge in [-0.05, 0) is 60.7 Å². The number of carbonyl (C=O) groups excluding carboxylic acids is 2. The Morgan fingerprint density at radius 2 is 1.52 bits per heavy atom. The molecule has 3 aromatic carbocycles. The summed E-state index contributed by atoms with van der Waals surface area (Å²) in [5.41, 5.74) is -0.368. The second kappa shape index (κ2) is 9.53. The number of alkyl halides is 3. The fourth-order valence-corrected chi connectivity index (χ4v) is 2.72. The Morgan fingerprint density at radius 1 is 0.871 bits per heavy atom. The highest BCUT2D eigenvalue weighted by Gasteiger charge is 2.30. The molecule has 0 saturated carbocycles. The molecule has 31 heavy (non-hydrogen) atoms. The summed E-state index contributed by atoms with van der Waals surface area (Å²) in [6.07, 6.45) is -4.51. The van der Waals surface area contributed by atoms with Crippen molar-refractivity contribution in [2.45, 2.75) is 6.18 Å². The zero-order valence-electron chi connectivity index (χ0n) is 15.9. The topological polar surface area (TPSA) is 67.4 Å². The van der Waals surface area contributed by atoms with Crippen LogP contribution in [0.5, 0.6) is 5.75 Å². The molecule has 3 aromatic rings. The van der Waals surface area contributed by atoms with E-state index < -0.39 is 23.6 Å². The summed E-state index contributed by atoms with van der Waals surface area (Å²) >= 11 is 5.78. The predicted molar refractivity (Wildman–Crippen MR) is 111 cm³/mol. The number of nitrogens with one attached hydrogen (secondary N) is 2. The first-order valence-corrected chi connectivity index (χ1v) is 9.35. The molecule has 0 fully saturated rings. The van der Waals surface area contributed by atoms with Crippen molar-refractivity contribution in [3.8, 4) is 5.75 Å².